The molecule has 0 bridgehead atoms. The van der Waals surface area contributed by atoms with Crippen LogP contribution in [-0.4, -0.2) is 5.97 Å². The van der Waals surface area contributed by atoms with Crippen LogP contribution < -0.4 is 0 Å². The fraction of sp³-hybridized carbons (Fsp3) is 0.154. The van der Waals surface area contributed by atoms with Gasteiger partial charge in [-0.15, -0.1) is 11.3 Å². The van der Waals surface area contributed by atoms with Gasteiger partial charge in [0.1, 0.15) is 6.61 Å². The zero-order valence-corrected chi connectivity index (χ0v) is 9.79. The molecule has 1 heterocycles. The van der Waals surface area contributed by atoms with Crippen molar-refractivity contribution >= 4 is 17.3 Å². The Hall–Kier alpha value is -1.61. The maximum Gasteiger partial charge on any atom is 0.339 e. The van der Waals surface area contributed by atoms with E-state index in [0.717, 1.165) is 10.4 Å². The number of hydrogen-bond acceptors (Lipinski definition) is 3. The normalized spacial score (nSPS) is 10.1. The summed E-state index contributed by atoms with van der Waals surface area (Å²) in [4.78, 5) is 12.7. The number of thiophene rings is 1. The third-order valence-corrected chi connectivity index (χ3v) is 3.14. The van der Waals surface area contributed by atoms with E-state index in [-0.39, 0.29) is 5.97 Å². The average molecular weight is 232 g/mol. The number of benzene rings is 1. The van der Waals surface area contributed by atoms with Crippen molar-refractivity contribution < 1.29 is 9.53 Å². The number of ether oxygens (including phenoxy) is 1. The minimum absolute atomic E-state index is 0.248. The quantitative estimate of drug-likeness (QED) is 0.758. The Morgan fingerprint density at radius 1 is 1.25 bits per heavy atom. The highest BCUT2D eigenvalue weighted by molar-refractivity contribution is 7.10. The lowest BCUT2D eigenvalue weighted by Gasteiger charge is -2.04. The van der Waals surface area contributed by atoms with Crippen LogP contribution in [0.3, 0.4) is 0 Å². The van der Waals surface area contributed by atoms with Crippen molar-refractivity contribution in [2.75, 3.05) is 0 Å². The van der Waals surface area contributed by atoms with Crippen LogP contribution in [0.1, 0.15) is 20.8 Å². The van der Waals surface area contributed by atoms with E-state index in [4.69, 9.17) is 4.74 Å². The van der Waals surface area contributed by atoms with E-state index >= 15 is 0 Å². The summed E-state index contributed by atoms with van der Waals surface area (Å²) in [6.07, 6.45) is 0. The van der Waals surface area contributed by atoms with E-state index < -0.39 is 0 Å². The van der Waals surface area contributed by atoms with Gasteiger partial charge in [0, 0.05) is 4.88 Å². The summed E-state index contributed by atoms with van der Waals surface area (Å²) >= 11 is 1.55. The van der Waals surface area contributed by atoms with E-state index in [1.807, 2.05) is 42.6 Å². The van der Waals surface area contributed by atoms with Gasteiger partial charge in [-0.2, -0.15) is 0 Å². The zero-order valence-electron chi connectivity index (χ0n) is 8.97. The lowest BCUT2D eigenvalue weighted by Crippen LogP contribution is -2.05. The lowest BCUT2D eigenvalue weighted by atomic mass is 10.2. The topological polar surface area (TPSA) is 26.3 Å². The molecule has 0 spiro atoms. The number of aryl methyl sites for hydroxylation is 1. The number of esters is 1. The molecule has 0 saturated heterocycles. The van der Waals surface area contributed by atoms with Gasteiger partial charge in [-0.1, -0.05) is 30.3 Å². The molecular formula is C13H12O2S. The van der Waals surface area contributed by atoms with Gasteiger partial charge in [-0.25, -0.2) is 4.79 Å². The molecule has 0 N–H and O–H groups in total. The van der Waals surface area contributed by atoms with Crippen LogP contribution in [0.15, 0.2) is 41.8 Å². The Balaban J connectivity index is 1.97. The van der Waals surface area contributed by atoms with Crippen LogP contribution >= 0.6 is 11.3 Å². The van der Waals surface area contributed by atoms with Crippen molar-refractivity contribution in [1.29, 1.82) is 0 Å². The first-order chi connectivity index (χ1) is 7.77. The molecule has 3 heteroatoms. The fourth-order valence-corrected chi connectivity index (χ4v) is 2.08. The first kappa shape index (κ1) is 10.9. The van der Waals surface area contributed by atoms with Crippen molar-refractivity contribution in [3.8, 4) is 0 Å². The number of hydrogen-bond donors (Lipinski definition) is 0. The van der Waals surface area contributed by atoms with Crippen molar-refractivity contribution in [2.24, 2.45) is 0 Å². The lowest BCUT2D eigenvalue weighted by molar-refractivity contribution is 0.0472. The van der Waals surface area contributed by atoms with Gasteiger partial charge in [0.15, 0.2) is 0 Å². The second-order valence-corrected chi connectivity index (χ2v) is 4.57. The molecule has 0 fully saturated rings. The van der Waals surface area contributed by atoms with Gasteiger partial charge < -0.3 is 4.74 Å². The van der Waals surface area contributed by atoms with Gasteiger partial charge in [0.2, 0.25) is 0 Å². The Morgan fingerprint density at radius 2 is 2.00 bits per heavy atom. The predicted molar refractivity (Wildman–Crippen MR) is 64.6 cm³/mol. The summed E-state index contributed by atoms with van der Waals surface area (Å²) in [6, 6.07) is 11.5. The van der Waals surface area contributed by atoms with Crippen LogP contribution in [-0.2, 0) is 11.3 Å². The maximum absolute atomic E-state index is 11.7. The summed E-state index contributed by atoms with van der Waals surface area (Å²) < 4.78 is 5.22. The Labute approximate surface area is 98.5 Å². The van der Waals surface area contributed by atoms with E-state index in [0.29, 0.717) is 12.2 Å². The van der Waals surface area contributed by atoms with Crippen molar-refractivity contribution in [1.82, 2.24) is 0 Å². The molecule has 0 aliphatic rings. The van der Waals surface area contributed by atoms with Crippen LogP contribution in [0.4, 0.5) is 0 Å². The fourth-order valence-electron chi connectivity index (χ4n) is 1.40. The van der Waals surface area contributed by atoms with Gasteiger partial charge in [0.25, 0.3) is 0 Å². The standard InChI is InChI=1S/C13H12O2S/c1-10-12(7-8-16-10)13(14)15-9-11-5-3-2-4-6-11/h2-8H,9H2,1H3. The molecule has 0 aliphatic carbocycles. The summed E-state index contributed by atoms with van der Waals surface area (Å²) in [6.45, 7) is 2.25. The third kappa shape index (κ3) is 2.49. The molecule has 1 aromatic heterocycles. The highest BCUT2D eigenvalue weighted by atomic mass is 32.1. The molecule has 2 nitrogen and oxygen atoms in total. The monoisotopic (exact) mass is 232 g/mol. The molecule has 0 saturated carbocycles. The van der Waals surface area contributed by atoms with Gasteiger partial charge in [-0.3, -0.25) is 0 Å². The van der Waals surface area contributed by atoms with Gasteiger partial charge in [0.05, 0.1) is 5.56 Å². The molecule has 2 rings (SSSR count). The molecule has 0 aliphatic heterocycles. The molecule has 82 valence electrons. The van der Waals surface area contributed by atoms with E-state index in [2.05, 4.69) is 0 Å². The largest absolute Gasteiger partial charge is 0.457 e. The first-order valence-electron chi connectivity index (χ1n) is 5.02. The Morgan fingerprint density at radius 3 is 2.62 bits per heavy atom. The van der Waals surface area contributed by atoms with Crippen LogP contribution in [0, 0.1) is 6.92 Å². The van der Waals surface area contributed by atoms with Crippen LogP contribution in [0.25, 0.3) is 0 Å². The Bertz CT molecular complexity index is 474. The third-order valence-electron chi connectivity index (χ3n) is 2.29. The number of carbonyl (C=O) groups excluding carboxylic acids is 1. The van der Waals surface area contributed by atoms with Crippen molar-refractivity contribution in [3.05, 3.63) is 57.8 Å². The first-order valence-corrected chi connectivity index (χ1v) is 5.90. The Kier molecular flexibility index (Phi) is 3.37. The molecule has 0 atom stereocenters. The second kappa shape index (κ2) is 4.94. The molecule has 0 radical (unpaired) electrons. The molecule has 1 aromatic carbocycles. The summed E-state index contributed by atoms with van der Waals surface area (Å²) in [5.41, 5.74) is 1.67. The van der Waals surface area contributed by atoms with E-state index in [1.54, 1.807) is 17.4 Å². The van der Waals surface area contributed by atoms with Crippen LogP contribution in [0.5, 0.6) is 0 Å². The zero-order chi connectivity index (χ0) is 11.4. The smallest absolute Gasteiger partial charge is 0.339 e. The molecule has 16 heavy (non-hydrogen) atoms. The van der Waals surface area contributed by atoms with Crippen LogP contribution in [0.2, 0.25) is 0 Å². The molecule has 2 aromatic rings. The summed E-state index contributed by atoms with van der Waals surface area (Å²) in [5.74, 6) is -0.248. The minimum atomic E-state index is -0.248. The van der Waals surface area contributed by atoms with Crippen molar-refractivity contribution in [3.63, 3.8) is 0 Å². The molecular weight excluding hydrogens is 220 g/mol. The minimum Gasteiger partial charge on any atom is -0.457 e. The SMILES string of the molecule is Cc1sccc1C(=O)OCc1ccccc1. The molecule has 0 unspecified atom stereocenters. The molecule has 0 amide bonds. The van der Waals surface area contributed by atoms with E-state index in [1.165, 1.54) is 0 Å². The summed E-state index contributed by atoms with van der Waals surface area (Å²) in [7, 11) is 0. The predicted octanol–water partition coefficient (Wildman–Crippen LogP) is 3.41. The highest BCUT2D eigenvalue weighted by Crippen LogP contribution is 2.16. The van der Waals surface area contributed by atoms with Gasteiger partial charge in [-0.05, 0) is 23.9 Å². The number of rotatable bonds is 3. The van der Waals surface area contributed by atoms with Crippen molar-refractivity contribution in [2.45, 2.75) is 13.5 Å². The highest BCUT2D eigenvalue weighted by Gasteiger charge is 2.10. The average Bonchev–Trinajstić information content (AvgIpc) is 2.74. The maximum atomic E-state index is 11.7. The number of carbonyl (C=O) groups is 1. The van der Waals surface area contributed by atoms with E-state index in [9.17, 15) is 4.79 Å². The second-order valence-electron chi connectivity index (χ2n) is 3.45. The summed E-state index contributed by atoms with van der Waals surface area (Å²) in [5, 5.41) is 1.90. The van der Waals surface area contributed by atoms with Gasteiger partial charge >= 0.3 is 5.97 Å².